The number of carbonyl (C=O) groups excluding carboxylic acids is 1. The smallest absolute Gasteiger partial charge is 0.254 e. The molecule has 2 N–H and O–H groups in total. The topological polar surface area (TPSA) is 46.3 Å². The van der Waals surface area contributed by atoms with Crippen LogP contribution < -0.4 is 5.73 Å². The predicted molar refractivity (Wildman–Crippen MR) is 69.9 cm³/mol. The Morgan fingerprint density at radius 2 is 2.12 bits per heavy atom. The van der Waals surface area contributed by atoms with E-state index in [0.717, 1.165) is 11.1 Å². The van der Waals surface area contributed by atoms with Gasteiger partial charge in [0.05, 0.1) is 0 Å². The Hall–Kier alpha value is -1.51. The van der Waals surface area contributed by atoms with E-state index in [1.165, 1.54) is 12.8 Å². The summed E-state index contributed by atoms with van der Waals surface area (Å²) < 4.78 is 0. The Kier molecular flexibility index (Phi) is 3.09. The van der Waals surface area contributed by atoms with Crippen molar-refractivity contribution in [2.24, 2.45) is 5.92 Å². The largest absolute Gasteiger partial charge is 0.398 e. The number of rotatable bonds is 3. The molecular formula is C14H20N2O. The quantitative estimate of drug-likeness (QED) is 0.814. The third-order valence-corrected chi connectivity index (χ3v) is 3.84. The first-order valence-corrected chi connectivity index (χ1v) is 6.14. The van der Waals surface area contributed by atoms with Crippen LogP contribution in [0.1, 0.15) is 35.7 Å². The Bertz CT molecular complexity index is 438. The van der Waals surface area contributed by atoms with Crippen molar-refractivity contribution in [2.75, 3.05) is 12.8 Å². The molecule has 1 aliphatic rings. The molecule has 1 amide bonds. The molecule has 1 aromatic rings. The molecule has 92 valence electrons. The summed E-state index contributed by atoms with van der Waals surface area (Å²) >= 11 is 0. The fraction of sp³-hybridized carbons (Fsp3) is 0.500. The van der Waals surface area contributed by atoms with Gasteiger partial charge in [-0.25, -0.2) is 0 Å². The van der Waals surface area contributed by atoms with Crippen molar-refractivity contribution < 1.29 is 4.79 Å². The van der Waals surface area contributed by atoms with Gasteiger partial charge in [-0.2, -0.15) is 0 Å². The van der Waals surface area contributed by atoms with Crippen LogP contribution in [0.2, 0.25) is 0 Å². The normalized spacial score (nSPS) is 16.6. The number of anilines is 1. The van der Waals surface area contributed by atoms with Crippen LogP contribution in [0.25, 0.3) is 0 Å². The number of hydrogen-bond acceptors (Lipinski definition) is 2. The van der Waals surface area contributed by atoms with Gasteiger partial charge in [0, 0.05) is 24.3 Å². The number of nitrogens with zero attached hydrogens (tertiary/aromatic N) is 1. The highest BCUT2D eigenvalue weighted by Crippen LogP contribution is 2.35. The molecule has 0 aliphatic heterocycles. The molecule has 1 fully saturated rings. The Labute approximate surface area is 103 Å². The molecule has 0 radical (unpaired) electrons. The van der Waals surface area contributed by atoms with Gasteiger partial charge in [0.25, 0.3) is 5.91 Å². The molecule has 1 unspecified atom stereocenters. The van der Waals surface area contributed by atoms with Crippen LogP contribution in [0.5, 0.6) is 0 Å². The lowest BCUT2D eigenvalue weighted by atomic mass is 10.0. The first-order valence-electron chi connectivity index (χ1n) is 6.14. The minimum Gasteiger partial charge on any atom is -0.398 e. The molecule has 1 aromatic carbocycles. The molecule has 3 heteroatoms. The Morgan fingerprint density at radius 3 is 2.71 bits per heavy atom. The highest BCUT2D eigenvalue weighted by atomic mass is 16.2. The fourth-order valence-electron chi connectivity index (χ4n) is 2.15. The van der Waals surface area contributed by atoms with E-state index >= 15 is 0 Å². The van der Waals surface area contributed by atoms with E-state index in [-0.39, 0.29) is 5.91 Å². The summed E-state index contributed by atoms with van der Waals surface area (Å²) in [6.45, 7) is 4.02. The Balaban J connectivity index is 2.21. The lowest BCUT2D eigenvalue weighted by molar-refractivity contribution is 0.0726. The van der Waals surface area contributed by atoms with Crippen LogP contribution in [-0.4, -0.2) is 23.9 Å². The maximum atomic E-state index is 12.4. The van der Waals surface area contributed by atoms with Crippen LogP contribution >= 0.6 is 0 Å². The second kappa shape index (κ2) is 4.40. The summed E-state index contributed by atoms with van der Waals surface area (Å²) in [7, 11) is 1.88. The van der Waals surface area contributed by atoms with Crippen molar-refractivity contribution in [1.82, 2.24) is 4.90 Å². The van der Waals surface area contributed by atoms with Crippen LogP contribution in [-0.2, 0) is 0 Å². The van der Waals surface area contributed by atoms with Gasteiger partial charge in [-0.05, 0) is 50.3 Å². The third-order valence-electron chi connectivity index (χ3n) is 3.84. The molecule has 0 bridgehead atoms. The molecule has 3 nitrogen and oxygen atoms in total. The number of benzene rings is 1. The first-order chi connectivity index (χ1) is 8.02. The number of hydrogen-bond donors (Lipinski definition) is 1. The minimum absolute atomic E-state index is 0.0780. The van der Waals surface area contributed by atoms with Gasteiger partial charge in [-0.3, -0.25) is 4.79 Å². The number of nitrogen functional groups attached to an aromatic ring is 1. The van der Waals surface area contributed by atoms with Gasteiger partial charge >= 0.3 is 0 Å². The second-order valence-electron chi connectivity index (χ2n) is 5.01. The fourth-order valence-corrected chi connectivity index (χ4v) is 2.15. The van der Waals surface area contributed by atoms with Crippen molar-refractivity contribution in [2.45, 2.75) is 32.7 Å². The highest BCUT2D eigenvalue weighted by molar-refractivity contribution is 5.96. The van der Waals surface area contributed by atoms with E-state index < -0.39 is 0 Å². The summed E-state index contributed by atoms with van der Waals surface area (Å²) in [4.78, 5) is 14.2. The van der Waals surface area contributed by atoms with E-state index in [4.69, 9.17) is 5.73 Å². The average molecular weight is 232 g/mol. The van der Waals surface area contributed by atoms with Crippen LogP contribution in [0.15, 0.2) is 18.2 Å². The number of nitrogens with two attached hydrogens (primary N) is 1. The van der Waals surface area contributed by atoms with Crippen LogP contribution in [0, 0.1) is 12.8 Å². The molecule has 17 heavy (non-hydrogen) atoms. The van der Waals surface area contributed by atoms with Gasteiger partial charge in [-0.15, -0.1) is 0 Å². The van der Waals surface area contributed by atoms with Crippen LogP contribution in [0.3, 0.4) is 0 Å². The predicted octanol–water partition coefficient (Wildman–Crippen LogP) is 2.45. The summed E-state index contributed by atoms with van der Waals surface area (Å²) in [6.07, 6.45) is 2.49. The van der Waals surface area contributed by atoms with Crippen LogP contribution in [0.4, 0.5) is 5.69 Å². The maximum Gasteiger partial charge on any atom is 0.254 e. The van der Waals surface area contributed by atoms with Gasteiger partial charge in [0.15, 0.2) is 0 Å². The standard InChI is InChI=1S/C14H20N2O/c1-9-12(5-4-6-13(9)15)14(17)16(3)10(2)11-7-8-11/h4-6,10-11H,7-8,15H2,1-3H3. The van der Waals surface area contributed by atoms with Gasteiger partial charge < -0.3 is 10.6 Å². The highest BCUT2D eigenvalue weighted by Gasteiger charge is 2.33. The molecular weight excluding hydrogens is 212 g/mol. The van der Waals surface area contributed by atoms with Crippen molar-refractivity contribution in [3.05, 3.63) is 29.3 Å². The van der Waals surface area contributed by atoms with Crippen molar-refractivity contribution >= 4 is 11.6 Å². The SMILES string of the molecule is Cc1c(N)cccc1C(=O)N(C)C(C)C1CC1. The van der Waals surface area contributed by atoms with Crippen molar-refractivity contribution in [3.8, 4) is 0 Å². The van der Waals surface area contributed by atoms with Gasteiger partial charge in [0.2, 0.25) is 0 Å². The number of amides is 1. The molecule has 0 heterocycles. The lowest BCUT2D eigenvalue weighted by Crippen LogP contribution is -2.36. The van der Waals surface area contributed by atoms with E-state index in [1.54, 1.807) is 0 Å². The summed E-state index contributed by atoms with van der Waals surface area (Å²) in [5, 5.41) is 0. The molecule has 1 atom stereocenters. The lowest BCUT2D eigenvalue weighted by Gasteiger charge is -2.25. The van der Waals surface area contributed by atoms with Gasteiger partial charge in [0.1, 0.15) is 0 Å². The van der Waals surface area contributed by atoms with Crippen molar-refractivity contribution in [1.29, 1.82) is 0 Å². The monoisotopic (exact) mass is 232 g/mol. The Morgan fingerprint density at radius 1 is 1.47 bits per heavy atom. The molecule has 0 spiro atoms. The van der Waals surface area contributed by atoms with E-state index in [9.17, 15) is 4.79 Å². The van der Waals surface area contributed by atoms with E-state index in [2.05, 4.69) is 6.92 Å². The number of carbonyl (C=O) groups is 1. The average Bonchev–Trinajstić information content (AvgIpc) is 3.14. The first kappa shape index (κ1) is 12.0. The zero-order valence-corrected chi connectivity index (χ0v) is 10.7. The maximum absolute atomic E-state index is 12.4. The molecule has 0 saturated heterocycles. The molecule has 1 saturated carbocycles. The summed E-state index contributed by atoms with van der Waals surface area (Å²) in [5.74, 6) is 0.763. The van der Waals surface area contributed by atoms with E-state index in [1.807, 2.05) is 37.1 Å². The van der Waals surface area contributed by atoms with E-state index in [0.29, 0.717) is 17.6 Å². The minimum atomic E-state index is 0.0780. The van der Waals surface area contributed by atoms with Gasteiger partial charge in [-0.1, -0.05) is 6.07 Å². The summed E-state index contributed by atoms with van der Waals surface area (Å²) in [6, 6.07) is 5.84. The zero-order valence-electron chi connectivity index (χ0n) is 10.7. The second-order valence-corrected chi connectivity index (χ2v) is 5.01. The molecule has 0 aromatic heterocycles. The molecule has 1 aliphatic carbocycles. The summed E-state index contributed by atoms with van der Waals surface area (Å²) in [5.41, 5.74) is 8.12. The third kappa shape index (κ3) is 2.28. The molecule has 2 rings (SSSR count). The van der Waals surface area contributed by atoms with Crippen molar-refractivity contribution in [3.63, 3.8) is 0 Å². The zero-order chi connectivity index (χ0) is 12.6.